The molecule has 0 aromatic rings. The van der Waals surface area contributed by atoms with E-state index in [9.17, 15) is 0 Å². The quantitative estimate of drug-likeness (QED) is 0.396. The second-order valence-corrected chi connectivity index (χ2v) is 5.13. The van der Waals surface area contributed by atoms with E-state index in [4.69, 9.17) is 0 Å². The summed E-state index contributed by atoms with van der Waals surface area (Å²) in [7, 11) is 0. The first-order chi connectivity index (χ1) is 8.67. The molecule has 0 N–H and O–H groups in total. The molecule has 0 saturated carbocycles. The monoisotopic (exact) mass is 246 g/mol. The van der Waals surface area contributed by atoms with E-state index >= 15 is 0 Å². The Morgan fingerprint density at radius 1 is 0.889 bits per heavy atom. The van der Waals surface area contributed by atoms with Gasteiger partial charge in [0.1, 0.15) is 0 Å². The normalized spacial score (nSPS) is 16.1. The highest BCUT2D eigenvalue weighted by molar-refractivity contribution is 4.91. The Morgan fingerprint density at radius 2 is 1.56 bits per heavy atom. The molecule has 0 rings (SSSR count). The van der Waals surface area contributed by atoms with Gasteiger partial charge >= 0.3 is 0 Å². The first-order valence-corrected chi connectivity index (χ1v) is 7.20. The van der Waals surface area contributed by atoms with Gasteiger partial charge in [0.05, 0.1) is 0 Å². The first kappa shape index (κ1) is 17.0. The van der Waals surface area contributed by atoms with Gasteiger partial charge in [0, 0.05) is 0 Å². The zero-order valence-corrected chi connectivity index (χ0v) is 12.3. The predicted molar refractivity (Wildman–Crippen MR) is 84.6 cm³/mol. The van der Waals surface area contributed by atoms with Crippen LogP contribution >= 0.6 is 0 Å². The van der Waals surface area contributed by atoms with Gasteiger partial charge in [-0.25, -0.2) is 0 Å². The van der Waals surface area contributed by atoms with Crippen LogP contribution in [0.15, 0.2) is 50.1 Å². The summed E-state index contributed by atoms with van der Waals surface area (Å²) in [5.41, 5.74) is 0. The molecule has 0 aliphatic carbocycles. The molecule has 18 heavy (non-hydrogen) atoms. The van der Waals surface area contributed by atoms with Crippen LogP contribution in [0.25, 0.3) is 0 Å². The minimum Gasteiger partial charge on any atom is -0.103 e. The van der Waals surface area contributed by atoms with Crippen LogP contribution in [0.5, 0.6) is 0 Å². The first-order valence-electron chi connectivity index (χ1n) is 7.20. The average molecular weight is 246 g/mol. The third-order valence-corrected chi connectivity index (χ3v) is 3.46. The predicted octanol–water partition coefficient (Wildman–Crippen LogP) is 5.94. The second kappa shape index (κ2) is 11.1. The molecule has 0 radical (unpaired) electrons. The van der Waals surface area contributed by atoms with Crippen LogP contribution < -0.4 is 0 Å². The van der Waals surface area contributed by atoms with Crippen molar-refractivity contribution >= 4 is 0 Å². The summed E-state index contributed by atoms with van der Waals surface area (Å²) < 4.78 is 0. The van der Waals surface area contributed by atoms with Gasteiger partial charge in [0.2, 0.25) is 0 Å². The van der Waals surface area contributed by atoms with Crippen LogP contribution in [-0.2, 0) is 0 Å². The number of hydrogen-bond acceptors (Lipinski definition) is 0. The molecule has 102 valence electrons. The molecular weight excluding hydrogens is 216 g/mol. The third kappa shape index (κ3) is 8.11. The molecule has 3 unspecified atom stereocenters. The zero-order valence-electron chi connectivity index (χ0n) is 12.3. The van der Waals surface area contributed by atoms with E-state index in [1.54, 1.807) is 0 Å². The molecule has 0 fully saturated rings. The molecule has 0 bridgehead atoms. The maximum atomic E-state index is 3.97. The van der Waals surface area contributed by atoms with Crippen molar-refractivity contribution in [1.29, 1.82) is 0 Å². The van der Waals surface area contributed by atoms with Crippen molar-refractivity contribution in [2.24, 2.45) is 17.8 Å². The highest BCUT2D eigenvalue weighted by Gasteiger charge is 2.13. The molecule has 0 heteroatoms. The summed E-state index contributed by atoms with van der Waals surface area (Å²) in [4.78, 5) is 0. The van der Waals surface area contributed by atoms with Crippen molar-refractivity contribution in [3.63, 3.8) is 0 Å². The van der Waals surface area contributed by atoms with Crippen LogP contribution in [-0.4, -0.2) is 0 Å². The molecular formula is C18H30. The Bertz CT molecular complexity index is 259. The van der Waals surface area contributed by atoms with Crippen molar-refractivity contribution in [2.45, 2.75) is 46.0 Å². The molecule has 0 nitrogen and oxygen atoms in total. The SMILES string of the molecule is C=CC(C)CC(C=C)CC(C=C)CC/C=C\CC. The van der Waals surface area contributed by atoms with E-state index in [2.05, 4.69) is 57.9 Å². The van der Waals surface area contributed by atoms with E-state index in [1.165, 1.54) is 12.8 Å². The molecule has 0 amide bonds. The smallest absolute Gasteiger partial charge is 0.0225 e. The fourth-order valence-electron chi connectivity index (χ4n) is 2.18. The topological polar surface area (TPSA) is 0 Å². The highest BCUT2D eigenvalue weighted by Crippen LogP contribution is 2.25. The van der Waals surface area contributed by atoms with E-state index in [0.29, 0.717) is 17.8 Å². The van der Waals surface area contributed by atoms with Gasteiger partial charge in [-0.1, -0.05) is 44.2 Å². The van der Waals surface area contributed by atoms with Crippen molar-refractivity contribution in [1.82, 2.24) is 0 Å². The minimum absolute atomic E-state index is 0.568. The standard InChI is InChI=1S/C18H30/c1-6-10-11-12-13-17(8-3)15-18(9-4)14-16(5)7-2/h7-11,16-18H,2-4,6,12-15H2,1,5H3/b11-10-. The highest BCUT2D eigenvalue weighted by atomic mass is 14.2. The fourth-order valence-corrected chi connectivity index (χ4v) is 2.18. The van der Waals surface area contributed by atoms with Gasteiger partial charge in [0.15, 0.2) is 0 Å². The molecule has 0 spiro atoms. The average Bonchev–Trinajstić information content (AvgIpc) is 2.40. The summed E-state index contributed by atoms with van der Waals surface area (Å²) in [5.74, 6) is 1.75. The van der Waals surface area contributed by atoms with Crippen LogP contribution in [0.2, 0.25) is 0 Å². The van der Waals surface area contributed by atoms with Crippen LogP contribution in [0.4, 0.5) is 0 Å². The van der Waals surface area contributed by atoms with E-state index in [0.717, 1.165) is 19.3 Å². The van der Waals surface area contributed by atoms with Gasteiger partial charge in [0.25, 0.3) is 0 Å². The van der Waals surface area contributed by atoms with Gasteiger partial charge in [-0.2, -0.15) is 0 Å². The lowest BCUT2D eigenvalue weighted by Crippen LogP contribution is -2.08. The van der Waals surface area contributed by atoms with Gasteiger partial charge < -0.3 is 0 Å². The maximum absolute atomic E-state index is 3.97. The van der Waals surface area contributed by atoms with Gasteiger partial charge in [-0.05, 0) is 49.9 Å². The minimum atomic E-state index is 0.568. The van der Waals surface area contributed by atoms with Crippen molar-refractivity contribution in [2.75, 3.05) is 0 Å². The lowest BCUT2D eigenvalue weighted by atomic mass is 9.85. The number of rotatable bonds is 11. The largest absolute Gasteiger partial charge is 0.103 e. The lowest BCUT2D eigenvalue weighted by Gasteiger charge is -2.20. The number of hydrogen-bond donors (Lipinski definition) is 0. The van der Waals surface area contributed by atoms with Crippen molar-refractivity contribution in [3.8, 4) is 0 Å². The van der Waals surface area contributed by atoms with Crippen LogP contribution in [0.1, 0.15) is 46.0 Å². The fraction of sp³-hybridized carbons (Fsp3) is 0.556. The summed E-state index contributed by atoms with van der Waals surface area (Å²) in [6.07, 6.45) is 16.6. The molecule has 0 aromatic heterocycles. The molecule has 0 aliphatic heterocycles. The van der Waals surface area contributed by atoms with Gasteiger partial charge in [-0.15, -0.1) is 19.7 Å². The Morgan fingerprint density at radius 3 is 2.06 bits per heavy atom. The van der Waals surface area contributed by atoms with Gasteiger partial charge in [-0.3, -0.25) is 0 Å². The summed E-state index contributed by atoms with van der Waals surface area (Å²) >= 11 is 0. The van der Waals surface area contributed by atoms with Crippen molar-refractivity contribution < 1.29 is 0 Å². The third-order valence-electron chi connectivity index (χ3n) is 3.46. The zero-order chi connectivity index (χ0) is 13.8. The van der Waals surface area contributed by atoms with E-state index < -0.39 is 0 Å². The summed E-state index contributed by atoms with van der Waals surface area (Å²) in [5, 5.41) is 0. The van der Waals surface area contributed by atoms with E-state index in [1.807, 2.05) is 6.08 Å². The Hall–Kier alpha value is -1.04. The summed E-state index contributed by atoms with van der Waals surface area (Å²) in [6, 6.07) is 0. The molecule has 0 saturated heterocycles. The second-order valence-electron chi connectivity index (χ2n) is 5.13. The summed E-state index contributed by atoms with van der Waals surface area (Å²) in [6.45, 7) is 16.2. The Kier molecular flexibility index (Phi) is 10.4. The van der Waals surface area contributed by atoms with Crippen LogP contribution in [0, 0.1) is 17.8 Å². The number of allylic oxidation sites excluding steroid dienone is 5. The van der Waals surface area contributed by atoms with E-state index in [-0.39, 0.29) is 0 Å². The maximum Gasteiger partial charge on any atom is -0.0225 e. The molecule has 3 atom stereocenters. The van der Waals surface area contributed by atoms with Crippen molar-refractivity contribution in [3.05, 3.63) is 50.1 Å². The molecule has 0 aromatic carbocycles. The van der Waals surface area contributed by atoms with Crippen LogP contribution in [0.3, 0.4) is 0 Å². The Labute approximate surface area is 114 Å². The molecule has 0 heterocycles. The Balaban J connectivity index is 4.13. The molecule has 0 aliphatic rings. The lowest BCUT2D eigenvalue weighted by molar-refractivity contribution is 0.411.